The highest BCUT2D eigenvalue weighted by Gasteiger charge is 2.31. The first kappa shape index (κ1) is 11.9. The Hall–Kier alpha value is -1.62. The number of hydrogen-bond acceptors (Lipinski definition) is 3. The van der Waals surface area contributed by atoms with Crippen molar-refractivity contribution in [2.75, 3.05) is 6.61 Å². The second kappa shape index (κ2) is 4.71. The summed E-state index contributed by atoms with van der Waals surface area (Å²) >= 11 is 0. The van der Waals surface area contributed by atoms with Gasteiger partial charge in [-0.25, -0.2) is 0 Å². The van der Waals surface area contributed by atoms with Crippen molar-refractivity contribution in [2.45, 2.75) is 19.8 Å². The Morgan fingerprint density at radius 3 is 2.88 bits per heavy atom. The van der Waals surface area contributed by atoms with E-state index in [0.717, 1.165) is 10.8 Å². The van der Waals surface area contributed by atoms with Crippen LogP contribution in [0.4, 0.5) is 0 Å². The van der Waals surface area contributed by atoms with E-state index in [1.54, 1.807) is 0 Å². The van der Waals surface area contributed by atoms with Crippen LogP contribution in [0.3, 0.4) is 0 Å². The lowest BCUT2D eigenvalue weighted by Gasteiger charge is -2.17. The van der Waals surface area contributed by atoms with Crippen molar-refractivity contribution < 1.29 is 14.4 Å². The minimum atomic E-state index is -0.259. The van der Waals surface area contributed by atoms with Gasteiger partial charge < -0.3 is 4.57 Å². The van der Waals surface area contributed by atoms with E-state index >= 15 is 0 Å². The zero-order valence-corrected chi connectivity index (χ0v) is 10.0. The molecule has 1 aromatic rings. The van der Waals surface area contributed by atoms with Crippen LogP contribution in [-0.4, -0.2) is 28.1 Å². The lowest BCUT2D eigenvalue weighted by atomic mass is 10.0. The molecule has 2 amide bonds. The molecule has 5 heteroatoms. The quantitative estimate of drug-likeness (QED) is 0.783. The molecule has 0 aromatic carbocycles. The van der Waals surface area contributed by atoms with Crippen molar-refractivity contribution in [1.29, 1.82) is 0 Å². The average Bonchev–Trinajstić information content (AvgIpc) is 2.88. The number of nitrogens with zero attached hydrogens (tertiary/aromatic N) is 2. The molecule has 0 saturated carbocycles. The van der Waals surface area contributed by atoms with E-state index in [9.17, 15) is 9.59 Å². The molecular formula is C12H16N2O3. The molecule has 0 spiro atoms. The van der Waals surface area contributed by atoms with E-state index < -0.39 is 0 Å². The summed E-state index contributed by atoms with van der Waals surface area (Å²) in [6.07, 6.45) is 2.84. The van der Waals surface area contributed by atoms with Crippen molar-refractivity contribution in [2.24, 2.45) is 13.0 Å². The van der Waals surface area contributed by atoms with E-state index in [2.05, 4.69) is 0 Å². The van der Waals surface area contributed by atoms with Crippen molar-refractivity contribution in [3.63, 3.8) is 0 Å². The van der Waals surface area contributed by atoms with Gasteiger partial charge in [0.25, 0.3) is 11.8 Å². The molecule has 1 fully saturated rings. The number of hydrogen-bond donors (Lipinski definition) is 0. The molecule has 2 rings (SSSR count). The topological polar surface area (TPSA) is 51.5 Å². The van der Waals surface area contributed by atoms with Gasteiger partial charge in [0.1, 0.15) is 0 Å². The molecule has 0 bridgehead atoms. The minimum absolute atomic E-state index is 0.242. The lowest BCUT2D eigenvalue weighted by Crippen LogP contribution is -2.36. The van der Waals surface area contributed by atoms with Gasteiger partial charge in [-0.3, -0.25) is 14.4 Å². The van der Waals surface area contributed by atoms with Gasteiger partial charge >= 0.3 is 0 Å². The normalized spacial score (nSPS) is 17.5. The number of hydroxylamine groups is 2. The number of carbonyl (C=O) groups excluding carboxylic acids is 2. The minimum Gasteiger partial charge on any atom is -0.354 e. The van der Waals surface area contributed by atoms with Gasteiger partial charge in [0.05, 0.1) is 13.0 Å². The van der Waals surface area contributed by atoms with Crippen LogP contribution in [0.15, 0.2) is 18.3 Å². The molecular weight excluding hydrogens is 220 g/mol. The van der Waals surface area contributed by atoms with E-state index in [0.29, 0.717) is 19.4 Å². The Morgan fingerprint density at radius 1 is 1.59 bits per heavy atom. The number of rotatable bonds is 3. The number of imide groups is 1. The maximum absolute atomic E-state index is 12.0. The standard InChI is InChI=1S/C12H16N2O3/c1-9(8-10-4-3-6-13(10)2)12(16)14-11(15)5-7-17-14/h3-4,6,9H,5,7-8H2,1-2H3/t9-/m1/s1. The molecule has 0 unspecified atom stereocenters. The highest BCUT2D eigenvalue weighted by molar-refractivity contribution is 5.95. The van der Waals surface area contributed by atoms with Gasteiger partial charge in [-0.1, -0.05) is 6.92 Å². The summed E-state index contributed by atoms with van der Waals surface area (Å²) in [4.78, 5) is 28.4. The Balaban J connectivity index is 2.00. The van der Waals surface area contributed by atoms with Crippen LogP contribution >= 0.6 is 0 Å². The zero-order valence-electron chi connectivity index (χ0n) is 10.0. The van der Waals surface area contributed by atoms with Gasteiger partial charge in [0.15, 0.2) is 0 Å². The van der Waals surface area contributed by atoms with Gasteiger partial charge in [0, 0.05) is 24.9 Å². The predicted molar refractivity (Wildman–Crippen MR) is 60.7 cm³/mol. The van der Waals surface area contributed by atoms with E-state index in [-0.39, 0.29) is 17.7 Å². The van der Waals surface area contributed by atoms with Crippen LogP contribution in [0.5, 0.6) is 0 Å². The van der Waals surface area contributed by atoms with Crippen molar-refractivity contribution in [3.05, 3.63) is 24.0 Å². The monoisotopic (exact) mass is 236 g/mol. The molecule has 17 heavy (non-hydrogen) atoms. The average molecular weight is 236 g/mol. The number of amides is 2. The molecule has 1 aliphatic rings. The summed E-state index contributed by atoms with van der Waals surface area (Å²) in [5, 5.41) is 0.910. The molecule has 0 radical (unpaired) electrons. The van der Waals surface area contributed by atoms with Gasteiger partial charge in [-0.05, 0) is 18.6 Å². The first-order chi connectivity index (χ1) is 8.09. The maximum Gasteiger partial charge on any atom is 0.256 e. The lowest BCUT2D eigenvalue weighted by molar-refractivity contribution is -0.181. The molecule has 1 aliphatic heterocycles. The Bertz CT molecular complexity index is 439. The van der Waals surface area contributed by atoms with Crippen LogP contribution in [0.25, 0.3) is 0 Å². The van der Waals surface area contributed by atoms with Crippen molar-refractivity contribution in [3.8, 4) is 0 Å². The first-order valence-electron chi connectivity index (χ1n) is 5.69. The van der Waals surface area contributed by atoms with Crippen LogP contribution in [0.1, 0.15) is 19.0 Å². The van der Waals surface area contributed by atoms with Gasteiger partial charge in [0.2, 0.25) is 0 Å². The summed E-state index contributed by atoms with van der Waals surface area (Å²) in [5.41, 5.74) is 1.07. The molecule has 1 aromatic heterocycles. The summed E-state index contributed by atoms with van der Waals surface area (Å²) in [6, 6.07) is 3.90. The summed E-state index contributed by atoms with van der Waals surface area (Å²) < 4.78 is 1.97. The van der Waals surface area contributed by atoms with Crippen LogP contribution < -0.4 is 0 Å². The SMILES string of the molecule is C[C@H](Cc1cccn1C)C(=O)N1OCCC1=O. The molecule has 5 nitrogen and oxygen atoms in total. The number of carbonyl (C=O) groups is 2. The Morgan fingerprint density at radius 2 is 2.35 bits per heavy atom. The second-order valence-electron chi connectivity index (χ2n) is 4.33. The third-order valence-corrected chi connectivity index (χ3v) is 2.95. The zero-order chi connectivity index (χ0) is 12.4. The largest absolute Gasteiger partial charge is 0.354 e. The van der Waals surface area contributed by atoms with Crippen LogP contribution in [0, 0.1) is 5.92 Å². The Kier molecular flexibility index (Phi) is 3.28. The van der Waals surface area contributed by atoms with E-state index in [1.807, 2.05) is 36.9 Å². The van der Waals surface area contributed by atoms with Crippen LogP contribution in [-0.2, 0) is 27.9 Å². The molecule has 2 heterocycles. The van der Waals surface area contributed by atoms with Gasteiger partial charge in [-0.15, -0.1) is 0 Å². The van der Waals surface area contributed by atoms with Crippen LogP contribution in [0.2, 0.25) is 0 Å². The van der Waals surface area contributed by atoms with Crippen molar-refractivity contribution >= 4 is 11.8 Å². The highest BCUT2D eigenvalue weighted by Crippen LogP contribution is 2.15. The highest BCUT2D eigenvalue weighted by atomic mass is 16.7. The maximum atomic E-state index is 12.0. The third kappa shape index (κ3) is 2.39. The second-order valence-corrected chi connectivity index (χ2v) is 4.33. The first-order valence-corrected chi connectivity index (χ1v) is 5.69. The third-order valence-electron chi connectivity index (χ3n) is 2.95. The smallest absolute Gasteiger partial charge is 0.256 e. The summed E-state index contributed by atoms with van der Waals surface area (Å²) in [7, 11) is 1.93. The number of aryl methyl sites for hydroxylation is 1. The molecule has 0 aliphatic carbocycles. The van der Waals surface area contributed by atoms with Crippen molar-refractivity contribution in [1.82, 2.24) is 9.63 Å². The van der Waals surface area contributed by atoms with E-state index in [1.165, 1.54) is 0 Å². The fourth-order valence-electron chi connectivity index (χ4n) is 1.89. The molecule has 92 valence electrons. The Labute approximate surface area is 99.9 Å². The fraction of sp³-hybridized carbons (Fsp3) is 0.500. The molecule has 0 N–H and O–H groups in total. The molecule has 1 atom stereocenters. The summed E-state index contributed by atoms with van der Waals surface area (Å²) in [6.45, 7) is 2.12. The summed E-state index contributed by atoms with van der Waals surface area (Å²) in [5.74, 6) is -0.756. The predicted octanol–water partition coefficient (Wildman–Crippen LogP) is 0.894. The van der Waals surface area contributed by atoms with Gasteiger partial charge in [-0.2, -0.15) is 5.06 Å². The fourth-order valence-corrected chi connectivity index (χ4v) is 1.89. The molecule has 1 saturated heterocycles. The number of aromatic nitrogens is 1. The van der Waals surface area contributed by atoms with E-state index in [4.69, 9.17) is 4.84 Å².